The van der Waals surface area contributed by atoms with Gasteiger partial charge in [-0.3, -0.25) is 9.69 Å². The SMILES string of the molecule is Cc1nc(CN2CCN(C(=O)C3(N)CCCCC3)CC2)oc1C.Cl.Cl. The fourth-order valence-corrected chi connectivity index (χ4v) is 3.62. The van der Waals surface area contributed by atoms with Crippen molar-refractivity contribution in [1.82, 2.24) is 14.8 Å². The number of nitrogens with zero attached hydrogens (tertiary/aromatic N) is 3. The highest BCUT2D eigenvalue weighted by atomic mass is 35.5. The molecule has 3 rings (SSSR count). The first-order chi connectivity index (χ1) is 11.0. The van der Waals surface area contributed by atoms with E-state index < -0.39 is 5.54 Å². The Morgan fingerprint density at radius 2 is 1.72 bits per heavy atom. The molecule has 2 N–H and O–H groups in total. The lowest BCUT2D eigenvalue weighted by molar-refractivity contribution is -0.140. The number of halogens is 2. The zero-order valence-corrected chi connectivity index (χ0v) is 16.8. The van der Waals surface area contributed by atoms with Crippen LogP contribution in [0.2, 0.25) is 0 Å². The number of hydrogen-bond donors (Lipinski definition) is 1. The predicted octanol–water partition coefficient (Wildman–Crippen LogP) is 2.44. The average Bonchev–Trinajstić information content (AvgIpc) is 2.86. The van der Waals surface area contributed by atoms with Crippen molar-refractivity contribution < 1.29 is 9.21 Å². The molecule has 144 valence electrons. The van der Waals surface area contributed by atoms with Gasteiger partial charge in [-0.05, 0) is 26.7 Å². The molecule has 8 heteroatoms. The van der Waals surface area contributed by atoms with E-state index in [1.54, 1.807) is 0 Å². The van der Waals surface area contributed by atoms with E-state index in [-0.39, 0.29) is 30.7 Å². The second-order valence-electron chi connectivity index (χ2n) is 7.03. The lowest BCUT2D eigenvalue weighted by atomic mass is 9.81. The third-order valence-electron chi connectivity index (χ3n) is 5.26. The maximum absolute atomic E-state index is 12.7. The number of carbonyl (C=O) groups is 1. The molecule has 2 fully saturated rings. The van der Waals surface area contributed by atoms with Crippen LogP contribution in [0.3, 0.4) is 0 Å². The van der Waals surface area contributed by atoms with Crippen molar-refractivity contribution in [2.45, 2.75) is 58.0 Å². The molecule has 0 radical (unpaired) electrons. The minimum Gasteiger partial charge on any atom is -0.444 e. The number of amides is 1. The summed E-state index contributed by atoms with van der Waals surface area (Å²) >= 11 is 0. The standard InChI is InChI=1S/C17H28N4O2.2ClH/c1-13-14(2)23-15(19-13)12-20-8-10-21(11-9-20)16(22)17(18)6-4-3-5-7-17;;/h3-12,18H2,1-2H3;2*1H. The maximum Gasteiger partial charge on any atom is 0.242 e. The van der Waals surface area contributed by atoms with Gasteiger partial charge in [0.2, 0.25) is 11.8 Å². The first kappa shape index (κ1) is 22.2. The smallest absolute Gasteiger partial charge is 0.242 e. The van der Waals surface area contributed by atoms with Crippen LogP contribution in [0.15, 0.2) is 4.42 Å². The number of aromatic nitrogens is 1. The van der Waals surface area contributed by atoms with Gasteiger partial charge in [-0.1, -0.05) is 19.3 Å². The van der Waals surface area contributed by atoms with Gasteiger partial charge in [-0.2, -0.15) is 0 Å². The summed E-state index contributed by atoms with van der Waals surface area (Å²) in [7, 11) is 0. The van der Waals surface area contributed by atoms with Gasteiger partial charge in [0.15, 0.2) is 0 Å². The molecule has 6 nitrogen and oxygen atoms in total. The molecule has 25 heavy (non-hydrogen) atoms. The van der Waals surface area contributed by atoms with E-state index in [1.807, 2.05) is 18.7 Å². The van der Waals surface area contributed by atoms with E-state index in [2.05, 4.69) is 9.88 Å². The van der Waals surface area contributed by atoms with Gasteiger partial charge in [0.1, 0.15) is 5.76 Å². The van der Waals surface area contributed by atoms with Gasteiger partial charge >= 0.3 is 0 Å². The van der Waals surface area contributed by atoms with Crippen LogP contribution in [-0.4, -0.2) is 52.4 Å². The molecule has 0 atom stereocenters. The molecule has 1 saturated carbocycles. The van der Waals surface area contributed by atoms with Gasteiger partial charge in [0.05, 0.1) is 17.8 Å². The summed E-state index contributed by atoms with van der Waals surface area (Å²) in [6.07, 6.45) is 5.02. The first-order valence-electron chi connectivity index (χ1n) is 8.71. The summed E-state index contributed by atoms with van der Waals surface area (Å²) in [6, 6.07) is 0. The van der Waals surface area contributed by atoms with Crippen molar-refractivity contribution in [2.24, 2.45) is 5.73 Å². The summed E-state index contributed by atoms with van der Waals surface area (Å²) in [4.78, 5) is 21.4. The van der Waals surface area contributed by atoms with Gasteiger partial charge in [0, 0.05) is 26.2 Å². The Balaban J connectivity index is 0.00000156. The predicted molar refractivity (Wildman–Crippen MR) is 102 cm³/mol. The highest BCUT2D eigenvalue weighted by Crippen LogP contribution is 2.28. The van der Waals surface area contributed by atoms with Crippen molar-refractivity contribution in [3.05, 3.63) is 17.3 Å². The second-order valence-corrected chi connectivity index (χ2v) is 7.03. The average molecular weight is 393 g/mol. The molecule has 2 aliphatic rings. The minimum absolute atomic E-state index is 0. The third kappa shape index (κ3) is 5.09. The topological polar surface area (TPSA) is 75.6 Å². The first-order valence-corrected chi connectivity index (χ1v) is 8.71. The zero-order chi connectivity index (χ0) is 16.4. The number of rotatable bonds is 3. The molecular weight excluding hydrogens is 363 g/mol. The summed E-state index contributed by atoms with van der Waals surface area (Å²) in [5, 5.41) is 0. The second kappa shape index (κ2) is 9.21. The number of nitrogens with two attached hydrogens (primary N) is 1. The van der Waals surface area contributed by atoms with E-state index >= 15 is 0 Å². The monoisotopic (exact) mass is 392 g/mol. The Morgan fingerprint density at radius 1 is 1.12 bits per heavy atom. The van der Waals surface area contributed by atoms with Crippen molar-refractivity contribution in [3.63, 3.8) is 0 Å². The van der Waals surface area contributed by atoms with Crippen LogP contribution in [-0.2, 0) is 11.3 Å². The largest absolute Gasteiger partial charge is 0.444 e. The van der Waals surface area contributed by atoms with Crippen molar-refractivity contribution >= 4 is 30.7 Å². The molecule has 2 heterocycles. The van der Waals surface area contributed by atoms with Crippen LogP contribution in [0.5, 0.6) is 0 Å². The van der Waals surface area contributed by atoms with Gasteiger partial charge in [-0.25, -0.2) is 4.98 Å². The number of oxazole rings is 1. The van der Waals surface area contributed by atoms with Crippen molar-refractivity contribution in [2.75, 3.05) is 26.2 Å². The van der Waals surface area contributed by atoms with E-state index in [1.165, 1.54) is 6.42 Å². The number of carbonyl (C=O) groups excluding carboxylic acids is 1. The van der Waals surface area contributed by atoms with Crippen LogP contribution in [0.1, 0.15) is 49.4 Å². The lowest BCUT2D eigenvalue weighted by Crippen LogP contribution is -2.60. The molecular formula is C17H30Cl2N4O2. The van der Waals surface area contributed by atoms with E-state index in [0.717, 1.165) is 69.2 Å². The van der Waals surface area contributed by atoms with Crippen LogP contribution in [0.4, 0.5) is 0 Å². The molecule has 1 saturated heterocycles. The quantitative estimate of drug-likeness (QED) is 0.854. The Hall–Kier alpha value is -0.820. The number of aryl methyl sites for hydroxylation is 2. The van der Waals surface area contributed by atoms with E-state index in [9.17, 15) is 4.79 Å². The molecule has 1 aliphatic heterocycles. The highest BCUT2D eigenvalue weighted by molar-refractivity contribution is 5.86. The van der Waals surface area contributed by atoms with Crippen LogP contribution < -0.4 is 5.73 Å². The van der Waals surface area contributed by atoms with Crippen LogP contribution in [0, 0.1) is 13.8 Å². The van der Waals surface area contributed by atoms with E-state index in [4.69, 9.17) is 10.2 Å². The molecule has 0 spiro atoms. The molecule has 1 aromatic heterocycles. The maximum atomic E-state index is 12.7. The molecule has 1 aliphatic carbocycles. The molecule has 1 amide bonds. The summed E-state index contributed by atoms with van der Waals surface area (Å²) in [5.41, 5.74) is 6.72. The Labute approximate surface area is 162 Å². The Bertz CT molecular complexity index is 545. The minimum atomic E-state index is -0.614. The van der Waals surface area contributed by atoms with Crippen molar-refractivity contribution in [3.8, 4) is 0 Å². The number of piperazine rings is 1. The lowest BCUT2D eigenvalue weighted by Gasteiger charge is -2.40. The third-order valence-corrected chi connectivity index (χ3v) is 5.26. The van der Waals surface area contributed by atoms with Crippen LogP contribution >= 0.6 is 24.8 Å². The molecule has 0 unspecified atom stereocenters. The summed E-state index contributed by atoms with van der Waals surface area (Å²) in [6.45, 7) is 7.80. The summed E-state index contributed by atoms with van der Waals surface area (Å²) < 4.78 is 5.65. The number of hydrogen-bond acceptors (Lipinski definition) is 5. The van der Waals surface area contributed by atoms with Crippen LogP contribution in [0.25, 0.3) is 0 Å². The van der Waals surface area contributed by atoms with Crippen molar-refractivity contribution in [1.29, 1.82) is 0 Å². The zero-order valence-electron chi connectivity index (χ0n) is 15.1. The fraction of sp³-hybridized carbons (Fsp3) is 0.765. The van der Waals surface area contributed by atoms with E-state index in [0.29, 0.717) is 6.54 Å². The fourth-order valence-electron chi connectivity index (χ4n) is 3.62. The van der Waals surface area contributed by atoms with Gasteiger partial charge in [-0.15, -0.1) is 24.8 Å². The molecule has 1 aromatic rings. The molecule has 0 aromatic carbocycles. The normalized spacial score (nSPS) is 20.5. The van der Waals surface area contributed by atoms with Gasteiger partial charge < -0.3 is 15.1 Å². The molecule has 0 bridgehead atoms. The Morgan fingerprint density at radius 3 is 2.24 bits per heavy atom. The van der Waals surface area contributed by atoms with Gasteiger partial charge in [0.25, 0.3) is 0 Å². The Kier molecular flexibility index (Phi) is 8.19. The highest BCUT2D eigenvalue weighted by Gasteiger charge is 2.39. The summed E-state index contributed by atoms with van der Waals surface area (Å²) in [5.74, 6) is 1.80.